The van der Waals surface area contributed by atoms with Crippen LogP contribution in [0.1, 0.15) is 6.92 Å². The van der Waals surface area contributed by atoms with Crippen molar-refractivity contribution in [3.05, 3.63) is 40.7 Å². The molecule has 118 valence electrons. The number of para-hydroxylation sites is 2. The number of ether oxygens (including phenoxy) is 2. The second kappa shape index (κ2) is 6.79. The van der Waals surface area contributed by atoms with Crippen molar-refractivity contribution < 1.29 is 14.4 Å². The summed E-state index contributed by atoms with van der Waals surface area (Å²) >= 11 is 0. The fraction of sp³-hybridized carbons (Fsp3) is 0.357. The van der Waals surface area contributed by atoms with Crippen LogP contribution in [-0.2, 0) is 7.05 Å². The summed E-state index contributed by atoms with van der Waals surface area (Å²) in [6, 6.07) is 7.32. The summed E-state index contributed by atoms with van der Waals surface area (Å²) in [5, 5.41) is 13.9. The quantitative estimate of drug-likeness (QED) is 0.623. The number of anilines is 1. The lowest BCUT2D eigenvalue weighted by molar-refractivity contribution is -0.388. The number of benzene rings is 1. The van der Waals surface area contributed by atoms with Gasteiger partial charge >= 0.3 is 5.82 Å². The number of hydrogen-bond donors (Lipinski definition) is 1. The van der Waals surface area contributed by atoms with Crippen molar-refractivity contribution in [2.24, 2.45) is 7.05 Å². The van der Waals surface area contributed by atoms with Gasteiger partial charge in [-0.25, -0.2) is 0 Å². The van der Waals surface area contributed by atoms with Gasteiger partial charge < -0.3 is 24.9 Å². The molecule has 0 aliphatic heterocycles. The SMILES string of the molecule is COc1ccccc1OC(C)CNc1c([N+](=O)[O-])ncn1C. The van der Waals surface area contributed by atoms with E-state index >= 15 is 0 Å². The van der Waals surface area contributed by atoms with Gasteiger partial charge in [-0.3, -0.25) is 4.57 Å². The van der Waals surface area contributed by atoms with Crippen LogP contribution in [0.4, 0.5) is 11.6 Å². The molecule has 1 heterocycles. The number of nitrogens with one attached hydrogen (secondary N) is 1. The van der Waals surface area contributed by atoms with Gasteiger partial charge in [0.15, 0.2) is 11.5 Å². The van der Waals surface area contributed by atoms with E-state index in [1.165, 1.54) is 6.33 Å². The van der Waals surface area contributed by atoms with Gasteiger partial charge in [-0.15, -0.1) is 0 Å². The average molecular weight is 306 g/mol. The number of nitrogens with zero attached hydrogens (tertiary/aromatic N) is 3. The van der Waals surface area contributed by atoms with Crippen molar-refractivity contribution >= 4 is 11.6 Å². The highest BCUT2D eigenvalue weighted by Crippen LogP contribution is 2.27. The number of rotatable bonds is 7. The summed E-state index contributed by atoms with van der Waals surface area (Å²) in [6.45, 7) is 2.25. The molecule has 0 aliphatic rings. The van der Waals surface area contributed by atoms with Crippen molar-refractivity contribution in [3.8, 4) is 11.5 Å². The molecule has 0 amide bonds. The lowest BCUT2D eigenvalue weighted by atomic mass is 10.3. The van der Waals surface area contributed by atoms with Gasteiger partial charge in [0, 0.05) is 7.05 Å². The average Bonchev–Trinajstić information content (AvgIpc) is 2.87. The van der Waals surface area contributed by atoms with E-state index in [2.05, 4.69) is 10.3 Å². The highest BCUT2D eigenvalue weighted by Gasteiger charge is 2.20. The summed E-state index contributed by atoms with van der Waals surface area (Å²) in [5.74, 6) is 1.41. The molecule has 0 aliphatic carbocycles. The third-order valence-corrected chi connectivity index (χ3v) is 3.04. The maximum atomic E-state index is 10.9. The van der Waals surface area contributed by atoms with Crippen LogP contribution in [0.15, 0.2) is 30.6 Å². The van der Waals surface area contributed by atoms with Gasteiger partial charge in [0.05, 0.1) is 13.7 Å². The van der Waals surface area contributed by atoms with E-state index < -0.39 is 4.92 Å². The zero-order valence-corrected chi connectivity index (χ0v) is 12.6. The molecule has 8 heteroatoms. The molecule has 1 unspecified atom stereocenters. The minimum Gasteiger partial charge on any atom is -0.493 e. The largest absolute Gasteiger partial charge is 0.493 e. The molecule has 1 N–H and O–H groups in total. The number of methoxy groups -OCH3 is 1. The van der Waals surface area contributed by atoms with Gasteiger partial charge in [0.2, 0.25) is 12.1 Å². The van der Waals surface area contributed by atoms with E-state index in [1.807, 2.05) is 25.1 Å². The number of nitro groups is 1. The van der Waals surface area contributed by atoms with Crippen LogP contribution >= 0.6 is 0 Å². The summed E-state index contributed by atoms with van der Waals surface area (Å²) in [6.07, 6.45) is 1.18. The molecular formula is C14H18N4O4. The third kappa shape index (κ3) is 3.46. The van der Waals surface area contributed by atoms with Gasteiger partial charge in [0.25, 0.3) is 0 Å². The Morgan fingerprint density at radius 3 is 2.73 bits per heavy atom. The molecule has 0 bridgehead atoms. The van der Waals surface area contributed by atoms with E-state index in [4.69, 9.17) is 9.47 Å². The van der Waals surface area contributed by atoms with Gasteiger partial charge in [-0.1, -0.05) is 12.1 Å². The van der Waals surface area contributed by atoms with Crippen molar-refractivity contribution in [1.29, 1.82) is 0 Å². The molecule has 22 heavy (non-hydrogen) atoms. The smallest absolute Gasteiger partial charge is 0.406 e. The predicted molar refractivity (Wildman–Crippen MR) is 81.4 cm³/mol. The van der Waals surface area contributed by atoms with E-state index in [0.29, 0.717) is 23.9 Å². The van der Waals surface area contributed by atoms with Crippen LogP contribution in [-0.4, -0.2) is 34.2 Å². The molecule has 8 nitrogen and oxygen atoms in total. The molecule has 1 aromatic heterocycles. The zero-order valence-electron chi connectivity index (χ0n) is 12.6. The molecule has 0 fully saturated rings. The number of aryl methyl sites for hydroxylation is 1. The Morgan fingerprint density at radius 2 is 2.09 bits per heavy atom. The molecule has 0 radical (unpaired) electrons. The summed E-state index contributed by atoms with van der Waals surface area (Å²) in [4.78, 5) is 14.1. The lowest BCUT2D eigenvalue weighted by Crippen LogP contribution is -2.24. The van der Waals surface area contributed by atoms with Crippen LogP contribution < -0.4 is 14.8 Å². The number of aromatic nitrogens is 2. The van der Waals surface area contributed by atoms with Crippen molar-refractivity contribution in [1.82, 2.24) is 9.55 Å². The molecule has 1 atom stereocenters. The second-order valence-corrected chi connectivity index (χ2v) is 4.75. The standard InChI is InChI=1S/C14H18N4O4/c1-10(22-12-7-5-4-6-11(12)21-3)8-15-13-14(18(19)20)16-9-17(13)2/h4-7,9-10,15H,8H2,1-3H3. The van der Waals surface area contributed by atoms with Gasteiger partial charge in [0.1, 0.15) is 6.10 Å². The summed E-state index contributed by atoms with van der Waals surface area (Å²) < 4.78 is 12.6. The Labute approximate surface area is 127 Å². The highest BCUT2D eigenvalue weighted by molar-refractivity contribution is 5.52. The second-order valence-electron chi connectivity index (χ2n) is 4.75. The maximum absolute atomic E-state index is 10.9. The molecule has 0 spiro atoms. The summed E-state index contributed by atoms with van der Waals surface area (Å²) in [7, 11) is 3.26. The predicted octanol–water partition coefficient (Wildman–Crippen LogP) is 2.22. The van der Waals surface area contributed by atoms with E-state index in [-0.39, 0.29) is 11.9 Å². The minimum absolute atomic E-state index is 0.202. The van der Waals surface area contributed by atoms with Crippen LogP contribution in [0.3, 0.4) is 0 Å². The maximum Gasteiger partial charge on any atom is 0.406 e. The first kappa shape index (κ1) is 15.6. The van der Waals surface area contributed by atoms with Crippen molar-refractivity contribution in [2.75, 3.05) is 19.0 Å². The first-order chi connectivity index (χ1) is 10.5. The fourth-order valence-electron chi connectivity index (χ4n) is 1.97. The van der Waals surface area contributed by atoms with Gasteiger partial charge in [-0.2, -0.15) is 0 Å². The molecule has 0 saturated carbocycles. The lowest BCUT2D eigenvalue weighted by Gasteiger charge is -2.17. The minimum atomic E-state index is -0.520. The Kier molecular flexibility index (Phi) is 4.82. The Bertz CT molecular complexity index is 656. The normalized spacial score (nSPS) is 11.8. The molecule has 0 saturated heterocycles. The van der Waals surface area contributed by atoms with E-state index in [9.17, 15) is 10.1 Å². The topological polar surface area (TPSA) is 91.4 Å². The zero-order chi connectivity index (χ0) is 16.1. The number of hydrogen-bond acceptors (Lipinski definition) is 6. The Balaban J connectivity index is 2.00. The Hall–Kier alpha value is -2.77. The van der Waals surface area contributed by atoms with Crippen LogP contribution in [0.25, 0.3) is 0 Å². The monoisotopic (exact) mass is 306 g/mol. The van der Waals surface area contributed by atoms with E-state index in [1.54, 1.807) is 24.8 Å². The molecule has 1 aromatic carbocycles. The first-order valence-corrected chi connectivity index (χ1v) is 6.72. The molecular weight excluding hydrogens is 288 g/mol. The third-order valence-electron chi connectivity index (χ3n) is 3.04. The molecule has 2 aromatic rings. The van der Waals surface area contributed by atoms with Crippen molar-refractivity contribution in [2.45, 2.75) is 13.0 Å². The van der Waals surface area contributed by atoms with Crippen LogP contribution in [0, 0.1) is 10.1 Å². The first-order valence-electron chi connectivity index (χ1n) is 6.72. The van der Waals surface area contributed by atoms with Gasteiger partial charge in [-0.05, 0) is 29.0 Å². The van der Waals surface area contributed by atoms with E-state index in [0.717, 1.165) is 0 Å². The number of imidazole rings is 1. The fourth-order valence-corrected chi connectivity index (χ4v) is 1.97. The highest BCUT2D eigenvalue weighted by atomic mass is 16.6. The Morgan fingerprint density at radius 1 is 1.41 bits per heavy atom. The summed E-state index contributed by atoms with van der Waals surface area (Å²) in [5.41, 5.74) is 0. The van der Waals surface area contributed by atoms with Crippen LogP contribution in [0.5, 0.6) is 11.5 Å². The molecule has 2 rings (SSSR count). The van der Waals surface area contributed by atoms with Crippen LogP contribution in [0.2, 0.25) is 0 Å². The van der Waals surface area contributed by atoms with Crippen molar-refractivity contribution in [3.63, 3.8) is 0 Å².